The first-order valence-corrected chi connectivity index (χ1v) is 7.98. The smallest absolute Gasteiger partial charge is 0.341 e. The molecule has 0 aliphatic heterocycles. The van der Waals surface area contributed by atoms with E-state index >= 15 is 0 Å². The largest absolute Gasteiger partial charge is 0.462 e. The van der Waals surface area contributed by atoms with E-state index in [1.54, 1.807) is 26.0 Å². The van der Waals surface area contributed by atoms with E-state index in [4.69, 9.17) is 4.74 Å². The summed E-state index contributed by atoms with van der Waals surface area (Å²) in [5, 5.41) is 2.84. The van der Waals surface area contributed by atoms with E-state index in [0.29, 0.717) is 12.4 Å². The van der Waals surface area contributed by atoms with Gasteiger partial charge in [0.2, 0.25) is 10.0 Å². The number of ether oxygens (including phenoxy) is 1. The molecule has 1 aromatic rings. The minimum Gasteiger partial charge on any atom is -0.462 e. The SMILES string of the molecule is CCNS(=O)(=O)CCNc1ncccc1C(=O)OCC. The van der Waals surface area contributed by atoms with Crippen molar-refractivity contribution < 1.29 is 17.9 Å². The van der Waals surface area contributed by atoms with Gasteiger partial charge < -0.3 is 10.1 Å². The Morgan fingerprint density at radius 1 is 1.40 bits per heavy atom. The van der Waals surface area contributed by atoms with Crippen LogP contribution in [0.4, 0.5) is 5.82 Å². The molecule has 0 fully saturated rings. The van der Waals surface area contributed by atoms with Crippen LogP contribution in [0.5, 0.6) is 0 Å². The Morgan fingerprint density at radius 3 is 2.80 bits per heavy atom. The average molecular weight is 301 g/mol. The maximum Gasteiger partial charge on any atom is 0.341 e. The van der Waals surface area contributed by atoms with Crippen LogP contribution in [-0.2, 0) is 14.8 Å². The lowest BCUT2D eigenvalue weighted by molar-refractivity contribution is 0.0527. The van der Waals surface area contributed by atoms with Gasteiger partial charge in [-0.15, -0.1) is 0 Å². The lowest BCUT2D eigenvalue weighted by Gasteiger charge is -2.10. The van der Waals surface area contributed by atoms with Gasteiger partial charge in [0.25, 0.3) is 0 Å². The zero-order valence-corrected chi connectivity index (χ0v) is 12.4. The molecule has 2 N–H and O–H groups in total. The van der Waals surface area contributed by atoms with E-state index in [-0.39, 0.29) is 24.5 Å². The summed E-state index contributed by atoms with van der Waals surface area (Å²) in [6.45, 7) is 4.19. The molecule has 0 atom stereocenters. The van der Waals surface area contributed by atoms with Crippen molar-refractivity contribution in [1.82, 2.24) is 9.71 Å². The van der Waals surface area contributed by atoms with Gasteiger partial charge in [-0.3, -0.25) is 0 Å². The molecular weight excluding hydrogens is 282 g/mol. The molecule has 1 heterocycles. The highest BCUT2D eigenvalue weighted by atomic mass is 32.2. The molecule has 0 bridgehead atoms. The average Bonchev–Trinajstić information content (AvgIpc) is 2.39. The van der Waals surface area contributed by atoms with Crippen molar-refractivity contribution in [2.45, 2.75) is 13.8 Å². The molecule has 0 radical (unpaired) electrons. The van der Waals surface area contributed by atoms with Gasteiger partial charge in [0.05, 0.1) is 12.4 Å². The van der Waals surface area contributed by atoms with Crippen LogP contribution >= 0.6 is 0 Å². The molecule has 0 aromatic carbocycles. The summed E-state index contributed by atoms with van der Waals surface area (Å²) < 4.78 is 30.2. The monoisotopic (exact) mass is 301 g/mol. The van der Waals surface area contributed by atoms with Gasteiger partial charge in [0.15, 0.2) is 0 Å². The minimum atomic E-state index is -3.30. The summed E-state index contributed by atoms with van der Waals surface area (Å²) in [6.07, 6.45) is 1.52. The number of aromatic nitrogens is 1. The number of hydrogen-bond acceptors (Lipinski definition) is 6. The third-order valence-electron chi connectivity index (χ3n) is 2.33. The first kappa shape index (κ1) is 16.4. The molecule has 1 rings (SSSR count). The second-order valence-corrected chi connectivity index (χ2v) is 5.79. The molecule has 112 valence electrons. The van der Waals surface area contributed by atoms with Crippen LogP contribution in [-0.4, -0.2) is 44.8 Å². The van der Waals surface area contributed by atoms with Crippen LogP contribution in [0, 0.1) is 0 Å². The van der Waals surface area contributed by atoms with Crippen molar-refractivity contribution in [1.29, 1.82) is 0 Å². The predicted octanol–water partition coefficient (Wildman–Crippen LogP) is 0.609. The summed E-state index contributed by atoms with van der Waals surface area (Å²) in [5.41, 5.74) is 0.287. The highest BCUT2D eigenvalue weighted by Gasteiger charge is 2.14. The molecular formula is C12H19N3O4S. The molecule has 0 amide bonds. The standard InChI is InChI=1S/C12H19N3O4S/c1-3-15-20(17,18)9-8-14-11-10(6-5-7-13-11)12(16)19-4-2/h5-7,15H,3-4,8-9H2,1-2H3,(H,13,14). The Labute approximate surface area is 118 Å². The lowest BCUT2D eigenvalue weighted by atomic mass is 10.2. The molecule has 0 saturated heterocycles. The van der Waals surface area contributed by atoms with Crippen molar-refractivity contribution in [3.8, 4) is 0 Å². The fraction of sp³-hybridized carbons (Fsp3) is 0.500. The number of esters is 1. The second-order valence-electron chi connectivity index (χ2n) is 3.86. The lowest BCUT2D eigenvalue weighted by Crippen LogP contribution is -2.29. The minimum absolute atomic E-state index is 0.0975. The van der Waals surface area contributed by atoms with Crippen molar-refractivity contribution in [3.05, 3.63) is 23.9 Å². The number of sulfonamides is 1. The van der Waals surface area contributed by atoms with E-state index in [1.807, 2.05) is 0 Å². The first-order valence-electron chi connectivity index (χ1n) is 6.33. The second kappa shape index (κ2) is 7.81. The molecule has 1 aromatic heterocycles. The van der Waals surface area contributed by atoms with Gasteiger partial charge in [-0.1, -0.05) is 6.92 Å². The fourth-order valence-electron chi connectivity index (χ4n) is 1.52. The summed E-state index contributed by atoms with van der Waals surface area (Å²) in [6, 6.07) is 3.19. The van der Waals surface area contributed by atoms with Crippen molar-refractivity contribution in [2.75, 3.05) is 30.8 Å². The number of pyridine rings is 1. The van der Waals surface area contributed by atoms with Crippen molar-refractivity contribution >= 4 is 21.8 Å². The van der Waals surface area contributed by atoms with Gasteiger partial charge in [0, 0.05) is 19.3 Å². The molecule has 20 heavy (non-hydrogen) atoms. The Balaban J connectivity index is 2.67. The zero-order valence-electron chi connectivity index (χ0n) is 11.5. The Morgan fingerprint density at radius 2 is 2.15 bits per heavy atom. The summed E-state index contributed by atoms with van der Waals surface area (Å²) in [4.78, 5) is 15.7. The maximum absolute atomic E-state index is 11.7. The molecule has 0 unspecified atom stereocenters. The van der Waals surface area contributed by atoms with E-state index in [1.165, 1.54) is 6.20 Å². The summed E-state index contributed by atoms with van der Waals surface area (Å²) in [5.74, 6) is -0.269. The molecule has 0 spiro atoms. The van der Waals surface area contributed by atoms with Gasteiger partial charge in [-0.05, 0) is 19.1 Å². The number of nitrogens with zero attached hydrogens (tertiary/aromatic N) is 1. The third-order valence-corrected chi connectivity index (χ3v) is 3.80. The number of hydrogen-bond donors (Lipinski definition) is 2. The first-order chi connectivity index (χ1) is 9.50. The van der Waals surface area contributed by atoms with Crippen molar-refractivity contribution in [3.63, 3.8) is 0 Å². The topological polar surface area (TPSA) is 97.4 Å². The highest BCUT2D eigenvalue weighted by Crippen LogP contribution is 2.12. The predicted molar refractivity (Wildman–Crippen MR) is 76.1 cm³/mol. The van der Waals surface area contributed by atoms with E-state index in [9.17, 15) is 13.2 Å². The number of carbonyl (C=O) groups excluding carboxylic acids is 1. The van der Waals surface area contributed by atoms with Crippen LogP contribution in [0.1, 0.15) is 24.2 Å². The maximum atomic E-state index is 11.7. The Hall–Kier alpha value is -1.67. The number of rotatable bonds is 8. The van der Waals surface area contributed by atoms with Crippen LogP contribution < -0.4 is 10.0 Å². The van der Waals surface area contributed by atoms with Gasteiger partial charge in [-0.25, -0.2) is 22.9 Å². The molecule has 0 aliphatic carbocycles. The van der Waals surface area contributed by atoms with Gasteiger partial charge in [0.1, 0.15) is 11.4 Å². The van der Waals surface area contributed by atoms with E-state index < -0.39 is 16.0 Å². The third kappa shape index (κ3) is 5.14. The number of nitrogens with one attached hydrogen (secondary N) is 2. The Kier molecular flexibility index (Phi) is 6.40. The van der Waals surface area contributed by atoms with E-state index in [2.05, 4.69) is 15.0 Å². The van der Waals surface area contributed by atoms with E-state index in [0.717, 1.165) is 0 Å². The zero-order chi connectivity index (χ0) is 15.0. The highest BCUT2D eigenvalue weighted by molar-refractivity contribution is 7.89. The van der Waals surface area contributed by atoms with Crippen LogP contribution in [0.2, 0.25) is 0 Å². The Bertz CT molecular complexity index is 545. The summed E-state index contributed by atoms with van der Waals surface area (Å²) >= 11 is 0. The molecule has 0 aliphatic rings. The summed E-state index contributed by atoms with van der Waals surface area (Å²) in [7, 11) is -3.30. The van der Waals surface area contributed by atoms with Crippen molar-refractivity contribution in [2.24, 2.45) is 0 Å². The van der Waals surface area contributed by atoms with Crippen LogP contribution in [0.25, 0.3) is 0 Å². The molecule has 0 saturated carbocycles. The normalized spacial score (nSPS) is 11.1. The number of carbonyl (C=O) groups is 1. The molecule has 8 heteroatoms. The van der Waals surface area contributed by atoms with Crippen LogP contribution in [0.3, 0.4) is 0 Å². The molecule has 7 nitrogen and oxygen atoms in total. The number of anilines is 1. The quantitative estimate of drug-likeness (QED) is 0.683. The fourth-order valence-corrected chi connectivity index (χ4v) is 2.47. The van der Waals surface area contributed by atoms with Crippen LogP contribution in [0.15, 0.2) is 18.3 Å². The van der Waals surface area contributed by atoms with Gasteiger partial charge >= 0.3 is 5.97 Å². The van der Waals surface area contributed by atoms with Gasteiger partial charge in [-0.2, -0.15) is 0 Å².